The highest BCUT2D eigenvalue weighted by molar-refractivity contribution is 5.98. The van der Waals surface area contributed by atoms with E-state index in [1.807, 2.05) is 6.92 Å². The fraction of sp³-hybridized carbons (Fsp3) is 0.583. The average molecular weight is 253 g/mol. The molecule has 0 spiro atoms. The molecule has 1 aromatic rings. The zero-order valence-electron chi connectivity index (χ0n) is 11.1. The Labute approximate surface area is 106 Å². The second kappa shape index (κ2) is 5.20. The number of hydrogen-bond donors (Lipinski definition) is 2. The van der Waals surface area contributed by atoms with Gasteiger partial charge in [0.1, 0.15) is 5.54 Å². The topological polar surface area (TPSA) is 84.2 Å². The summed E-state index contributed by atoms with van der Waals surface area (Å²) < 4.78 is 1.55. The molecule has 0 aliphatic carbocycles. The van der Waals surface area contributed by atoms with Gasteiger partial charge in [0.15, 0.2) is 0 Å². The van der Waals surface area contributed by atoms with Crippen LogP contribution in [0.3, 0.4) is 0 Å². The van der Waals surface area contributed by atoms with Gasteiger partial charge in [-0.05, 0) is 19.8 Å². The molecule has 1 amide bonds. The van der Waals surface area contributed by atoms with Gasteiger partial charge in [0.05, 0.1) is 11.3 Å². The Bertz CT molecular complexity index is 467. The number of rotatable bonds is 5. The zero-order valence-corrected chi connectivity index (χ0v) is 11.1. The molecule has 18 heavy (non-hydrogen) atoms. The van der Waals surface area contributed by atoms with Crippen molar-refractivity contribution in [2.45, 2.75) is 39.2 Å². The standard InChI is InChI=1S/C12H19N3O3/c1-5-9-8(7-15(4)14-9)10(16)13-12(3,6-2)11(17)18/h7H,5-6H2,1-4H3,(H,13,16)(H,17,18). The van der Waals surface area contributed by atoms with Gasteiger partial charge in [-0.1, -0.05) is 13.8 Å². The predicted octanol–water partition coefficient (Wildman–Crippen LogP) is 0.966. The summed E-state index contributed by atoms with van der Waals surface area (Å²) in [5.74, 6) is -1.44. The molecular formula is C12H19N3O3. The molecule has 6 heteroatoms. The average Bonchev–Trinajstić information content (AvgIpc) is 2.70. The Kier molecular flexibility index (Phi) is 4.11. The fourth-order valence-corrected chi connectivity index (χ4v) is 1.60. The van der Waals surface area contributed by atoms with E-state index in [1.165, 1.54) is 6.92 Å². The number of nitrogens with zero attached hydrogens (tertiary/aromatic N) is 2. The molecular weight excluding hydrogens is 234 g/mol. The van der Waals surface area contributed by atoms with Crippen molar-refractivity contribution in [3.8, 4) is 0 Å². The first-order valence-corrected chi connectivity index (χ1v) is 5.92. The molecule has 1 rings (SSSR count). The summed E-state index contributed by atoms with van der Waals surface area (Å²) in [5, 5.41) is 15.8. The lowest BCUT2D eigenvalue weighted by molar-refractivity contribution is -0.143. The van der Waals surface area contributed by atoms with E-state index >= 15 is 0 Å². The number of aromatic nitrogens is 2. The fourth-order valence-electron chi connectivity index (χ4n) is 1.60. The Morgan fingerprint density at radius 3 is 2.56 bits per heavy atom. The normalized spacial score (nSPS) is 14.0. The predicted molar refractivity (Wildman–Crippen MR) is 66.4 cm³/mol. The molecule has 0 saturated carbocycles. The number of carbonyl (C=O) groups excluding carboxylic acids is 1. The number of carboxylic acids is 1. The van der Waals surface area contributed by atoms with Crippen LogP contribution in [-0.2, 0) is 18.3 Å². The van der Waals surface area contributed by atoms with Crippen molar-refractivity contribution in [3.05, 3.63) is 17.5 Å². The van der Waals surface area contributed by atoms with Gasteiger partial charge >= 0.3 is 5.97 Å². The number of carbonyl (C=O) groups is 2. The van der Waals surface area contributed by atoms with Crippen LogP contribution in [0, 0.1) is 0 Å². The van der Waals surface area contributed by atoms with E-state index < -0.39 is 17.4 Å². The highest BCUT2D eigenvalue weighted by Crippen LogP contribution is 2.13. The summed E-state index contributed by atoms with van der Waals surface area (Å²) in [7, 11) is 1.73. The number of amides is 1. The molecule has 0 bridgehead atoms. The molecule has 0 saturated heterocycles. The van der Waals surface area contributed by atoms with Gasteiger partial charge in [-0.25, -0.2) is 4.79 Å². The minimum Gasteiger partial charge on any atom is -0.480 e. The van der Waals surface area contributed by atoms with E-state index in [0.29, 0.717) is 24.1 Å². The smallest absolute Gasteiger partial charge is 0.329 e. The van der Waals surface area contributed by atoms with Crippen LogP contribution in [-0.4, -0.2) is 32.3 Å². The maximum atomic E-state index is 12.1. The molecule has 1 unspecified atom stereocenters. The molecule has 0 fully saturated rings. The number of nitrogens with one attached hydrogen (secondary N) is 1. The van der Waals surface area contributed by atoms with Crippen molar-refractivity contribution in [3.63, 3.8) is 0 Å². The second-order valence-electron chi connectivity index (χ2n) is 4.46. The van der Waals surface area contributed by atoms with Crippen LogP contribution >= 0.6 is 0 Å². The Morgan fingerprint density at radius 2 is 2.11 bits per heavy atom. The van der Waals surface area contributed by atoms with Gasteiger partial charge < -0.3 is 10.4 Å². The van der Waals surface area contributed by atoms with Crippen LogP contribution in [0.4, 0.5) is 0 Å². The third-order valence-corrected chi connectivity index (χ3v) is 3.05. The van der Waals surface area contributed by atoms with Crippen molar-refractivity contribution in [1.29, 1.82) is 0 Å². The monoisotopic (exact) mass is 253 g/mol. The Balaban J connectivity index is 2.98. The summed E-state index contributed by atoms with van der Waals surface area (Å²) in [6, 6.07) is 0. The van der Waals surface area contributed by atoms with E-state index in [4.69, 9.17) is 5.11 Å². The molecule has 100 valence electrons. The maximum Gasteiger partial charge on any atom is 0.329 e. The van der Waals surface area contributed by atoms with Crippen LogP contribution in [0.2, 0.25) is 0 Å². The van der Waals surface area contributed by atoms with Crippen molar-refractivity contribution in [1.82, 2.24) is 15.1 Å². The Hall–Kier alpha value is -1.85. The third kappa shape index (κ3) is 2.69. The number of hydrogen-bond acceptors (Lipinski definition) is 3. The number of aliphatic carboxylic acids is 1. The summed E-state index contributed by atoms with van der Waals surface area (Å²) in [5.41, 5.74) is -0.155. The van der Waals surface area contributed by atoms with E-state index in [9.17, 15) is 9.59 Å². The lowest BCUT2D eigenvalue weighted by Gasteiger charge is -2.24. The molecule has 2 N–H and O–H groups in total. The van der Waals surface area contributed by atoms with Crippen LogP contribution in [0.25, 0.3) is 0 Å². The first-order valence-electron chi connectivity index (χ1n) is 5.92. The van der Waals surface area contributed by atoms with Crippen molar-refractivity contribution in [2.75, 3.05) is 0 Å². The Morgan fingerprint density at radius 1 is 1.50 bits per heavy atom. The van der Waals surface area contributed by atoms with Crippen LogP contribution in [0.15, 0.2) is 6.20 Å². The first-order chi connectivity index (χ1) is 8.34. The lowest BCUT2D eigenvalue weighted by Crippen LogP contribution is -2.51. The minimum absolute atomic E-state index is 0.315. The first kappa shape index (κ1) is 14.2. The van der Waals surface area contributed by atoms with Gasteiger partial charge in [-0.2, -0.15) is 5.10 Å². The molecule has 0 aliphatic rings. The largest absolute Gasteiger partial charge is 0.480 e. The molecule has 0 radical (unpaired) electrons. The van der Waals surface area contributed by atoms with Crippen molar-refractivity contribution in [2.24, 2.45) is 7.05 Å². The molecule has 1 heterocycles. The van der Waals surface area contributed by atoms with Gasteiger partial charge in [0.2, 0.25) is 0 Å². The zero-order chi connectivity index (χ0) is 13.9. The van der Waals surface area contributed by atoms with Crippen molar-refractivity contribution < 1.29 is 14.7 Å². The molecule has 6 nitrogen and oxygen atoms in total. The second-order valence-corrected chi connectivity index (χ2v) is 4.46. The van der Waals surface area contributed by atoms with Crippen LogP contribution in [0.5, 0.6) is 0 Å². The minimum atomic E-state index is -1.25. The maximum absolute atomic E-state index is 12.1. The van der Waals surface area contributed by atoms with Crippen LogP contribution in [0.1, 0.15) is 43.2 Å². The lowest BCUT2D eigenvalue weighted by atomic mass is 9.98. The number of carboxylic acid groups (broad SMARTS) is 1. The molecule has 0 aliphatic heterocycles. The van der Waals surface area contributed by atoms with Crippen LogP contribution < -0.4 is 5.32 Å². The van der Waals surface area contributed by atoms with Gasteiger partial charge in [-0.3, -0.25) is 9.48 Å². The van der Waals surface area contributed by atoms with Gasteiger partial charge in [-0.15, -0.1) is 0 Å². The summed E-state index contributed by atoms with van der Waals surface area (Å²) >= 11 is 0. The highest BCUT2D eigenvalue weighted by Gasteiger charge is 2.33. The van der Waals surface area contributed by atoms with E-state index in [0.717, 1.165) is 0 Å². The number of aryl methyl sites for hydroxylation is 2. The quantitative estimate of drug-likeness (QED) is 0.818. The van der Waals surface area contributed by atoms with Gasteiger partial charge in [0.25, 0.3) is 5.91 Å². The SMILES string of the molecule is CCc1nn(C)cc1C(=O)NC(C)(CC)C(=O)O. The summed E-state index contributed by atoms with van der Waals surface area (Å²) in [6.45, 7) is 5.11. The van der Waals surface area contributed by atoms with E-state index in [-0.39, 0.29) is 0 Å². The third-order valence-electron chi connectivity index (χ3n) is 3.05. The summed E-state index contributed by atoms with van der Waals surface area (Å²) in [6.07, 6.45) is 2.54. The van der Waals surface area contributed by atoms with E-state index in [2.05, 4.69) is 10.4 Å². The summed E-state index contributed by atoms with van der Waals surface area (Å²) in [4.78, 5) is 23.2. The van der Waals surface area contributed by atoms with Gasteiger partial charge in [0, 0.05) is 13.2 Å². The molecule has 1 atom stereocenters. The molecule has 1 aromatic heterocycles. The highest BCUT2D eigenvalue weighted by atomic mass is 16.4. The molecule has 0 aromatic carbocycles. The van der Waals surface area contributed by atoms with Crippen molar-refractivity contribution >= 4 is 11.9 Å². The van der Waals surface area contributed by atoms with E-state index in [1.54, 1.807) is 24.9 Å².